The zero-order valence-corrected chi connectivity index (χ0v) is 11.2. The van der Waals surface area contributed by atoms with Crippen LogP contribution in [0.2, 0.25) is 0 Å². The van der Waals surface area contributed by atoms with E-state index in [0.717, 1.165) is 10.6 Å². The Morgan fingerprint density at radius 3 is 3.00 bits per heavy atom. The summed E-state index contributed by atoms with van der Waals surface area (Å²) in [6, 6.07) is 0. The van der Waals surface area contributed by atoms with Gasteiger partial charge in [-0.2, -0.15) is 0 Å². The molecule has 2 heterocycles. The molecule has 0 bridgehead atoms. The summed E-state index contributed by atoms with van der Waals surface area (Å²) in [5.74, 6) is 0.545. The first-order chi connectivity index (χ1) is 8.65. The highest BCUT2D eigenvalue weighted by Crippen LogP contribution is 2.26. The van der Waals surface area contributed by atoms with Gasteiger partial charge in [-0.25, -0.2) is 19.9 Å². The first-order valence-electron chi connectivity index (χ1n) is 5.50. The molecule has 2 N–H and O–H groups in total. The highest BCUT2D eigenvalue weighted by atomic mass is 32.2. The first-order valence-corrected chi connectivity index (χ1v) is 6.31. The van der Waals surface area contributed by atoms with E-state index in [4.69, 9.17) is 0 Å². The second-order valence-electron chi connectivity index (χ2n) is 3.59. The lowest BCUT2D eigenvalue weighted by molar-refractivity contribution is 0.660. The number of nitrogens with one attached hydrogen (secondary N) is 2. The van der Waals surface area contributed by atoms with Gasteiger partial charge in [-0.05, 0) is 25.6 Å². The van der Waals surface area contributed by atoms with Crippen molar-refractivity contribution >= 4 is 17.7 Å². The van der Waals surface area contributed by atoms with Crippen molar-refractivity contribution in [3.8, 4) is 0 Å². The quantitative estimate of drug-likeness (QED) is 0.799. The van der Waals surface area contributed by atoms with E-state index in [0.29, 0.717) is 17.6 Å². The van der Waals surface area contributed by atoms with Gasteiger partial charge in [0.2, 0.25) is 5.95 Å². The molecular weight excluding hydrogens is 252 g/mol. The molecule has 0 unspecified atom stereocenters. The van der Waals surface area contributed by atoms with Gasteiger partial charge in [0.25, 0.3) is 0 Å². The topological polar surface area (TPSA) is 88.5 Å². The summed E-state index contributed by atoms with van der Waals surface area (Å²) in [7, 11) is 1.76. The van der Waals surface area contributed by atoms with Gasteiger partial charge in [0, 0.05) is 25.4 Å². The molecule has 0 fully saturated rings. The number of anilines is 1. The zero-order valence-electron chi connectivity index (χ0n) is 10.4. The average Bonchev–Trinajstić information content (AvgIpc) is 2.72. The molecular formula is C10H14N6OS. The van der Waals surface area contributed by atoms with E-state index in [9.17, 15) is 4.79 Å². The van der Waals surface area contributed by atoms with E-state index in [-0.39, 0.29) is 5.69 Å². The standard InChI is InChI=1S/C10H14N6OS/c1-4-16-9(17)14-15-10(16)18-7-6(2)5-12-8(11-3)13-7/h5H,4H2,1-3H3,(H,14,17)(H,11,12,13). The van der Waals surface area contributed by atoms with Crippen LogP contribution in [-0.2, 0) is 6.54 Å². The molecule has 2 aromatic heterocycles. The monoisotopic (exact) mass is 266 g/mol. The summed E-state index contributed by atoms with van der Waals surface area (Å²) in [6.45, 7) is 4.39. The van der Waals surface area contributed by atoms with Crippen LogP contribution in [0.1, 0.15) is 12.5 Å². The van der Waals surface area contributed by atoms with Gasteiger partial charge in [-0.15, -0.1) is 5.10 Å². The van der Waals surface area contributed by atoms with Crippen molar-refractivity contribution in [1.82, 2.24) is 24.7 Å². The van der Waals surface area contributed by atoms with Crippen molar-refractivity contribution in [2.24, 2.45) is 0 Å². The molecule has 2 aromatic rings. The second-order valence-corrected chi connectivity index (χ2v) is 4.55. The van der Waals surface area contributed by atoms with Crippen LogP contribution in [-0.4, -0.2) is 31.8 Å². The Balaban J connectivity index is 2.36. The van der Waals surface area contributed by atoms with Crippen LogP contribution in [0.3, 0.4) is 0 Å². The highest BCUT2D eigenvalue weighted by Gasteiger charge is 2.12. The summed E-state index contributed by atoms with van der Waals surface area (Å²) in [5.41, 5.74) is 0.734. The molecule has 2 rings (SSSR count). The number of hydrogen-bond acceptors (Lipinski definition) is 6. The summed E-state index contributed by atoms with van der Waals surface area (Å²) >= 11 is 1.35. The lowest BCUT2D eigenvalue weighted by atomic mass is 10.4. The molecule has 18 heavy (non-hydrogen) atoms. The van der Waals surface area contributed by atoms with Crippen LogP contribution in [0.5, 0.6) is 0 Å². The number of rotatable bonds is 4. The normalized spacial score (nSPS) is 10.6. The molecule has 0 aliphatic heterocycles. The van der Waals surface area contributed by atoms with Gasteiger partial charge in [0.05, 0.1) is 0 Å². The third kappa shape index (κ3) is 2.37. The van der Waals surface area contributed by atoms with Crippen LogP contribution in [0, 0.1) is 6.92 Å². The van der Waals surface area contributed by atoms with Gasteiger partial charge in [-0.1, -0.05) is 0 Å². The maximum Gasteiger partial charge on any atom is 0.343 e. The number of nitrogens with zero attached hydrogens (tertiary/aromatic N) is 4. The maximum atomic E-state index is 11.5. The predicted octanol–water partition coefficient (Wildman–Crippen LogP) is 0.883. The molecule has 0 radical (unpaired) electrons. The fraction of sp³-hybridized carbons (Fsp3) is 0.400. The largest absolute Gasteiger partial charge is 0.357 e. The molecule has 0 aliphatic carbocycles. The molecule has 96 valence electrons. The summed E-state index contributed by atoms with van der Waals surface area (Å²) in [6.07, 6.45) is 1.74. The average molecular weight is 266 g/mol. The Kier molecular flexibility index (Phi) is 3.66. The van der Waals surface area contributed by atoms with Crippen LogP contribution >= 0.6 is 11.8 Å². The summed E-state index contributed by atoms with van der Waals surface area (Å²) in [4.78, 5) is 19.9. The fourth-order valence-corrected chi connectivity index (χ4v) is 2.33. The van der Waals surface area contributed by atoms with Crippen LogP contribution < -0.4 is 11.0 Å². The zero-order chi connectivity index (χ0) is 13.1. The number of aromatic nitrogens is 5. The van der Waals surface area contributed by atoms with E-state index in [1.807, 2.05) is 13.8 Å². The molecule has 0 amide bonds. The van der Waals surface area contributed by atoms with Crippen LogP contribution in [0.25, 0.3) is 0 Å². The molecule has 0 aliphatic rings. The third-order valence-electron chi connectivity index (χ3n) is 2.38. The van der Waals surface area contributed by atoms with E-state index in [1.54, 1.807) is 17.8 Å². The van der Waals surface area contributed by atoms with E-state index in [1.165, 1.54) is 11.8 Å². The Hall–Kier alpha value is -1.83. The lowest BCUT2D eigenvalue weighted by Gasteiger charge is -2.06. The minimum Gasteiger partial charge on any atom is -0.357 e. The van der Waals surface area contributed by atoms with Crippen molar-refractivity contribution in [2.75, 3.05) is 12.4 Å². The number of aryl methyl sites for hydroxylation is 1. The predicted molar refractivity (Wildman–Crippen MR) is 69.0 cm³/mol. The van der Waals surface area contributed by atoms with E-state index in [2.05, 4.69) is 25.5 Å². The molecule has 0 saturated carbocycles. The highest BCUT2D eigenvalue weighted by molar-refractivity contribution is 7.99. The fourth-order valence-electron chi connectivity index (χ4n) is 1.40. The van der Waals surface area contributed by atoms with Crippen molar-refractivity contribution in [1.29, 1.82) is 0 Å². The Bertz CT molecular complexity index is 605. The third-order valence-corrected chi connectivity index (χ3v) is 3.48. The van der Waals surface area contributed by atoms with Gasteiger partial charge >= 0.3 is 5.69 Å². The van der Waals surface area contributed by atoms with E-state index >= 15 is 0 Å². The SMILES string of the molecule is CCn1c(Sc2nc(NC)ncc2C)n[nH]c1=O. The lowest BCUT2D eigenvalue weighted by Crippen LogP contribution is -2.16. The van der Waals surface area contributed by atoms with Crippen molar-refractivity contribution in [2.45, 2.75) is 30.6 Å². The Morgan fingerprint density at radius 2 is 2.33 bits per heavy atom. The van der Waals surface area contributed by atoms with E-state index < -0.39 is 0 Å². The number of aromatic amines is 1. The maximum absolute atomic E-state index is 11.5. The van der Waals surface area contributed by atoms with Crippen molar-refractivity contribution < 1.29 is 0 Å². The van der Waals surface area contributed by atoms with Crippen molar-refractivity contribution in [3.05, 3.63) is 22.2 Å². The van der Waals surface area contributed by atoms with Crippen molar-refractivity contribution in [3.63, 3.8) is 0 Å². The first kappa shape index (κ1) is 12.6. The molecule has 0 atom stereocenters. The Labute approximate surface area is 108 Å². The van der Waals surface area contributed by atoms with Gasteiger partial charge < -0.3 is 5.32 Å². The van der Waals surface area contributed by atoms with Crippen LogP contribution in [0.4, 0.5) is 5.95 Å². The summed E-state index contributed by atoms with van der Waals surface area (Å²) < 4.78 is 1.56. The smallest absolute Gasteiger partial charge is 0.343 e. The molecule has 0 spiro atoms. The van der Waals surface area contributed by atoms with Gasteiger partial charge in [0.1, 0.15) is 5.03 Å². The second kappa shape index (κ2) is 5.21. The molecule has 0 saturated heterocycles. The minimum atomic E-state index is -0.208. The van der Waals surface area contributed by atoms with Gasteiger partial charge in [0.15, 0.2) is 5.16 Å². The molecule has 8 heteroatoms. The number of hydrogen-bond donors (Lipinski definition) is 2. The van der Waals surface area contributed by atoms with Gasteiger partial charge in [-0.3, -0.25) is 4.57 Å². The molecule has 0 aromatic carbocycles. The van der Waals surface area contributed by atoms with Crippen LogP contribution in [0.15, 0.2) is 21.2 Å². The summed E-state index contributed by atoms with van der Waals surface area (Å²) in [5, 5.41) is 10.7. The minimum absolute atomic E-state index is 0.208. The number of H-pyrrole nitrogens is 1. The Morgan fingerprint density at radius 1 is 1.56 bits per heavy atom. The molecule has 7 nitrogen and oxygen atoms in total.